The lowest BCUT2D eigenvalue weighted by molar-refractivity contribution is -0.137. The fraction of sp³-hybridized carbons (Fsp3) is 0.235. The summed E-state index contributed by atoms with van der Waals surface area (Å²) in [6.45, 7) is 3.33. The number of alkyl halides is 3. The van der Waals surface area contributed by atoms with Crippen LogP contribution in [-0.2, 0) is 16.2 Å². The Balaban J connectivity index is 2.20. The maximum atomic E-state index is 12.9. The molecule has 0 saturated carbocycles. The molecule has 10 heteroatoms. The van der Waals surface area contributed by atoms with Crippen LogP contribution in [0.3, 0.4) is 0 Å². The molecule has 27 heavy (non-hydrogen) atoms. The van der Waals surface area contributed by atoms with Crippen molar-refractivity contribution in [2.24, 2.45) is 0 Å². The number of carbonyl (C=O) groups is 1. The highest BCUT2D eigenvalue weighted by molar-refractivity contribution is 7.89. The van der Waals surface area contributed by atoms with E-state index >= 15 is 0 Å². The van der Waals surface area contributed by atoms with E-state index in [1.807, 2.05) is 0 Å². The van der Waals surface area contributed by atoms with Gasteiger partial charge in [-0.2, -0.15) is 13.2 Å². The summed E-state index contributed by atoms with van der Waals surface area (Å²) in [6, 6.07) is 7.71. The maximum Gasteiger partial charge on any atom is 0.417 e. The van der Waals surface area contributed by atoms with E-state index in [1.165, 1.54) is 30.3 Å². The van der Waals surface area contributed by atoms with Crippen LogP contribution in [-0.4, -0.2) is 20.4 Å². The van der Waals surface area contributed by atoms with E-state index in [9.17, 15) is 26.4 Å². The van der Waals surface area contributed by atoms with Crippen molar-refractivity contribution in [3.63, 3.8) is 0 Å². The summed E-state index contributed by atoms with van der Waals surface area (Å²) < 4.78 is 65.1. The minimum atomic E-state index is -4.66. The third-order valence-corrected chi connectivity index (χ3v) is 5.35. The third-order valence-electron chi connectivity index (χ3n) is 3.35. The molecule has 0 aromatic heterocycles. The zero-order valence-electron chi connectivity index (χ0n) is 14.3. The second-order valence-electron chi connectivity index (χ2n) is 5.95. The lowest BCUT2D eigenvalue weighted by Gasteiger charge is -2.12. The van der Waals surface area contributed by atoms with Crippen molar-refractivity contribution in [2.75, 3.05) is 5.32 Å². The lowest BCUT2D eigenvalue weighted by atomic mass is 10.1. The summed E-state index contributed by atoms with van der Waals surface area (Å²) in [4.78, 5) is 12.2. The van der Waals surface area contributed by atoms with Crippen LogP contribution in [0.1, 0.15) is 29.8 Å². The molecule has 146 valence electrons. The molecular formula is C17H16ClF3N2O3S. The minimum absolute atomic E-state index is 0.0291. The zero-order chi connectivity index (χ0) is 20.4. The Bertz CT molecular complexity index is 943. The summed E-state index contributed by atoms with van der Waals surface area (Å²) in [7, 11) is -3.71. The molecule has 0 bridgehead atoms. The SMILES string of the molecule is CC(C)NS(=O)(=O)c1ccc(C(=O)Nc2ccc(Cl)c(C(F)(F)F)c2)cc1. The topological polar surface area (TPSA) is 75.3 Å². The molecule has 2 aromatic carbocycles. The standard InChI is InChI=1S/C17H16ClF3N2O3S/c1-10(2)23-27(25,26)13-6-3-11(4-7-13)16(24)22-12-5-8-15(18)14(9-12)17(19,20)21/h3-10,23H,1-2H3,(H,22,24). The van der Waals surface area contributed by atoms with Crippen LogP contribution < -0.4 is 10.0 Å². The summed E-state index contributed by atoms with van der Waals surface area (Å²) in [5.74, 6) is -0.689. The van der Waals surface area contributed by atoms with Crippen LogP contribution in [0.5, 0.6) is 0 Å². The summed E-state index contributed by atoms with van der Waals surface area (Å²) in [5, 5.41) is 1.85. The number of hydrogen-bond acceptors (Lipinski definition) is 3. The molecule has 1 amide bonds. The Morgan fingerprint density at radius 3 is 2.19 bits per heavy atom. The number of benzene rings is 2. The molecule has 5 nitrogen and oxygen atoms in total. The fourth-order valence-electron chi connectivity index (χ4n) is 2.19. The van der Waals surface area contributed by atoms with Crippen LogP contribution in [0.25, 0.3) is 0 Å². The van der Waals surface area contributed by atoms with Gasteiger partial charge in [-0.3, -0.25) is 4.79 Å². The van der Waals surface area contributed by atoms with Gasteiger partial charge in [-0.15, -0.1) is 0 Å². The van der Waals surface area contributed by atoms with Gasteiger partial charge in [-0.1, -0.05) is 11.6 Å². The van der Waals surface area contributed by atoms with Gasteiger partial charge in [-0.25, -0.2) is 13.1 Å². The highest BCUT2D eigenvalue weighted by Crippen LogP contribution is 2.36. The number of anilines is 1. The predicted octanol–water partition coefficient (Wildman–Crippen LogP) is 4.30. The quantitative estimate of drug-likeness (QED) is 0.757. The van der Waals surface area contributed by atoms with Crippen molar-refractivity contribution in [2.45, 2.75) is 31.0 Å². The van der Waals surface area contributed by atoms with Crippen molar-refractivity contribution >= 4 is 33.2 Å². The van der Waals surface area contributed by atoms with E-state index in [0.717, 1.165) is 12.1 Å². The van der Waals surface area contributed by atoms with E-state index in [2.05, 4.69) is 10.0 Å². The number of rotatable bonds is 5. The first-order valence-electron chi connectivity index (χ1n) is 7.70. The number of sulfonamides is 1. The molecule has 0 unspecified atom stereocenters. The first-order valence-corrected chi connectivity index (χ1v) is 9.57. The van der Waals surface area contributed by atoms with Crippen molar-refractivity contribution < 1.29 is 26.4 Å². The lowest BCUT2D eigenvalue weighted by Crippen LogP contribution is -2.30. The van der Waals surface area contributed by atoms with Crippen molar-refractivity contribution in [1.82, 2.24) is 4.72 Å². The average molecular weight is 421 g/mol. The number of amides is 1. The zero-order valence-corrected chi connectivity index (χ0v) is 15.8. The Morgan fingerprint density at radius 2 is 1.67 bits per heavy atom. The highest BCUT2D eigenvalue weighted by atomic mass is 35.5. The van der Waals surface area contributed by atoms with Gasteiger partial charge >= 0.3 is 6.18 Å². The first kappa shape index (κ1) is 21.2. The molecular weight excluding hydrogens is 405 g/mol. The van der Waals surface area contributed by atoms with Crippen molar-refractivity contribution in [1.29, 1.82) is 0 Å². The molecule has 0 heterocycles. The van der Waals surface area contributed by atoms with Crippen molar-refractivity contribution in [3.8, 4) is 0 Å². The van der Waals surface area contributed by atoms with Gasteiger partial charge in [0.1, 0.15) is 0 Å². The molecule has 2 N–H and O–H groups in total. The van der Waals surface area contributed by atoms with Crippen LogP contribution in [0.15, 0.2) is 47.4 Å². The van der Waals surface area contributed by atoms with Gasteiger partial charge in [0, 0.05) is 17.3 Å². The Labute approximate surface area is 159 Å². The van der Waals surface area contributed by atoms with Gasteiger partial charge in [0.25, 0.3) is 5.91 Å². The predicted molar refractivity (Wildman–Crippen MR) is 96.3 cm³/mol. The second-order valence-corrected chi connectivity index (χ2v) is 8.07. The van der Waals surface area contributed by atoms with Gasteiger partial charge in [-0.05, 0) is 56.3 Å². The summed E-state index contributed by atoms with van der Waals surface area (Å²) in [6.07, 6.45) is -4.66. The Kier molecular flexibility index (Phi) is 6.18. The van der Waals surface area contributed by atoms with Crippen LogP contribution in [0, 0.1) is 0 Å². The molecule has 0 aliphatic rings. The molecule has 2 aromatic rings. The van der Waals surface area contributed by atoms with E-state index in [0.29, 0.717) is 0 Å². The molecule has 0 aliphatic heterocycles. The van der Waals surface area contributed by atoms with E-state index in [-0.39, 0.29) is 22.2 Å². The first-order chi connectivity index (χ1) is 12.4. The monoisotopic (exact) mass is 420 g/mol. The van der Waals surface area contributed by atoms with Gasteiger partial charge in [0.2, 0.25) is 10.0 Å². The van der Waals surface area contributed by atoms with E-state index in [4.69, 9.17) is 11.6 Å². The Morgan fingerprint density at radius 1 is 1.07 bits per heavy atom. The third kappa shape index (κ3) is 5.44. The van der Waals surface area contributed by atoms with Crippen LogP contribution >= 0.6 is 11.6 Å². The normalized spacial score (nSPS) is 12.3. The van der Waals surface area contributed by atoms with Gasteiger partial charge in [0.05, 0.1) is 15.5 Å². The molecule has 0 fully saturated rings. The fourth-order valence-corrected chi connectivity index (χ4v) is 3.66. The van der Waals surface area contributed by atoms with Gasteiger partial charge in [0.15, 0.2) is 0 Å². The van der Waals surface area contributed by atoms with E-state index in [1.54, 1.807) is 13.8 Å². The summed E-state index contributed by atoms with van der Waals surface area (Å²) in [5.41, 5.74) is -1.07. The smallest absolute Gasteiger partial charge is 0.322 e. The summed E-state index contributed by atoms with van der Waals surface area (Å²) >= 11 is 5.53. The maximum absolute atomic E-state index is 12.9. The largest absolute Gasteiger partial charge is 0.417 e. The molecule has 0 radical (unpaired) electrons. The highest BCUT2D eigenvalue weighted by Gasteiger charge is 2.33. The Hall–Kier alpha value is -2.10. The molecule has 0 aliphatic carbocycles. The van der Waals surface area contributed by atoms with Gasteiger partial charge < -0.3 is 5.32 Å². The molecule has 0 spiro atoms. The number of carbonyl (C=O) groups excluding carboxylic acids is 1. The van der Waals surface area contributed by atoms with Crippen molar-refractivity contribution in [3.05, 3.63) is 58.6 Å². The average Bonchev–Trinajstić information content (AvgIpc) is 2.54. The number of halogens is 4. The van der Waals surface area contributed by atoms with Crippen LogP contribution in [0.4, 0.5) is 18.9 Å². The second kappa shape index (κ2) is 7.87. The number of hydrogen-bond donors (Lipinski definition) is 2. The molecule has 0 saturated heterocycles. The number of nitrogens with one attached hydrogen (secondary N) is 2. The van der Waals surface area contributed by atoms with Crippen LogP contribution in [0.2, 0.25) is 5.02 Å². The molecule has 0 atom stereocenters. The molecule has 2 rings (SSSR count). The van der Waals surface area contributed by atoms with E-state index < -0.39 is 32.7 Å². The minimum Gasteiger partial charge on any atom is -0.322 e.